The molecule has 43 heavy (non-hydrogen) atoms. The minimum Gasteiger partial charge on any atom is -0.388 e. The summed E-state index contributed by atoms with van der Waals surface area (Å²) < 4.78 is 55.5. The number of nitrogens with one attached hydrogen (secondary N) is 3. The molecule has 0 bridgehead atoms. The monoisotopic (exact) mass is 638 g/mol. The molecule has 3 aromatic rings. The molecule has 0 spiro atoms. The van der Waals surface area contributed by atoms with Gasteiger partial charge in [-0.25, -0.2) is 10.8 Å². The van der Waals surface area contributed by atoms with Crippen LogP contribution in [0.15, 0.2) is 42.4 Å². The average molecular weight is 640 g/mol. The van der Waals surface area contributed by atoms with Crippen LogP contribution in [0.2, 0.25) is 5.02 Å². The van der Waals surface area contributed by atoms with Gasteiger partial charge in [-0.2, -0.15) is 22.8 Å². The highest BCUT2D eigenvalue weighted by atomic mass is 35.5. The molecule has 8 nitrogen and oxygen atoms in total. The van der Waals surface area contributed by atoms with Gasteiger partial charge in [0.25, 0.3) is 0 Å². The van der Waals surface area contributed by atoms with Crippen molar-refractivity contribution in [3.05, 3.63) is 70.2 Å². The molecule has 1 atom stereocenters. The topological polar surface area (TPSA) is 115 Å². The lowest BCUT2D eigenvalue weighted by atomic mass is 9.96. The van der Waals surface area contributed by atoms with Crippen LogP contribution in [-0.4, -0.2) is 46.2 Å². The molecule has 1 fully saturated rings. The highest BCUT2D eigenvalue weighted by Gasteiger charge is 2.66. The second-order valence-electron chi connectivity index (χ2n) is 11.3. The summed E-state index contributed by atoms with van der Waals surface area (Å²) in [5.41, 5.74) is 0.271. The molecule has 2 heterocycles. The van der Waals surface area contributed by atoms with Gasteiger partial charge >= 0.3 is 6.18 Å². The molecule has 1 aromatic carbocycles. The van der Waals surface area contributed by atoms with E-state index >= 15 is 0 Å². The van der Waals surface area contributed by atoms with Crippen LogP contribution < -0.4 is 21.8 Å². The lowest BCUT2D eigenvalue weighted by Crippen LogP contribution is -2.49. The van der Waals surface area contributed by atoms with E-state index in [-0.39, 0.29) is 34.5 Å². The molecule has 1 aliphatic carbocycles. The fourth-order valence-corrected chi connectivity index (χ4v) is 5.05. The molecule has 14 heteroatoms. The number of hydrazine groups is 1. The van der Waals surface area contributed by atoms with E-state index < -0.39 is 23.7 Å². The number of anilines is 2. The Labute approximate surface area is 257 Å². The lowest BCUT2D eigenvalue weighted by Gasteiger charge is -2.31. The minimum absolute atomic E-state index is 0.138. The number of likely N-dealkylation sites (N-methyl/N-ethyl adjacent to an activating group) is 1. The van der Waals surface area contributed by atoms with E-state index in [1.165, 1.54) is 24.5 Å². The summed E-state index contributed by atoms with van der Waals surface area (Å²) in [6.45, 7) is 5.99. The number of pyridine rings is 2. The van der Waals surface area contributed by atoms with Crippen molar-refractivity contribution in [3.8, 4) is 6.07 Å². The number of nitrogens with zero attached hydrogens (tertiary/aromatic N) is 4. The number of nitriles is 1. The third kappa shape index (κ3) is 6.69. The molecule has 2 aromatic heterocycles. The summed E-state index contributed by atoms with van der Waals surface area (Å²) in [5.74, 6) is 5.66. The summed E-state index contributed by atoms with van der Waals surface area (Å²) in [6.07, 6.45) is -2.19. The SMILES string of the molecule is CN/C(=C\N(N)C1(C(F)(F)F)CC1)[C@@H](Nc1cc(Cl)c2ncc(C#N)c(NCC(C)(C)CCl)c2c1)c1ccc(F)nc1C. The summed E-state index contributed by atoms with van der Waals surface area (Å²) in [5, 5.41) is 20.9. The van der Waals surface area contributed by atoms with E-state index in [4.69, 9.17) is 29.0 Å². The number of fused-ring (bicyclic) bond motifs is 1. The van der Waals surface area contributed by atoms with Gasteiger partial charge in [-0.15, -0.1) is 11.6 Å². The molecular formula is C29H32Cl2F4N8. The molecular weight excluding hydrogens is 607 g/mol. The Bertz CT molecular complexity index is 1580. The van der Waals surface area contributed by atoms with Gasteiger partial charge in [0.1, 0.15) is 6.07 Å². The van der Waals surface area contributed by atoms with Gasteiger partial charge in [-0.05, 0) is 43.4 Å². The Hall–Kier alpha value is -3.53. The van der Waals surface area contributed by atoms with Crippen molar-refractivity contribution in [2.24, 2.45) is 11.3 Å². The molecule has 0 aliphatic heterocycles. The molecule has 0 radical (unpaired) electrons. The molecule has 0 amide bonds. The predicted octanol–water partition coefficient (Wildman–Crippen LogP) is 6.76. The first-order chi connectivity index (χ1) is 20.2. The van der Waals surface area contributed by atoms with Crippen LogP contribution in [0.4, 0.5) is 28.9 Å². The number of halogens is 6. The second kappa shape index (κ2) is 12.2. The number of hydrogen-bond donors (Lipinski definition) is 4. The van der Waals surface area contributed by atoms with Gasteiger partial charge in [0.05, 0.1) is 33.5 Å². The zero-order valence-electron chi connectivity index (χ0n) is 24.0. The van der Waals surface area contributed by atoms with E-state index in [1.54, 1.807) is 26.1 Å². The van der Waals surface area contributed by atoms with Gasteiger partial charge in [0.15, 0.2) is 5.54 Å². The molecule has 1 saturated carbocycles. The summed E-state index contributed by atoms with van der Waals surface area (Å²) in [6, 6.07) is 7.29. The van der Waals surface area contributed by atoms with Gasteiger partial charge < -0.3 is 21.0 Å². The van der Waals surface area contributed by atoms with Gasteiger partial charge in [-0.1, -0.05) is 31.5 Å². The van der Waals surface area contributed by atoms with E-state index in [9.17, 15) is 22.8 Å². The van der Waals surface area contributed by atoms with Gasteiger partial charge in [-0.3, -0.25) is 4.98 Å². The average Bonchev–Trinajstić information content (AvgIpc) is 3.76. The van der Waals surface area contributed by atoms with Crippen molar-refractivity contribution < 1.29 is 17.6 Å². The first kappa shape index (κ1) is 32.4. The van der Waals surface area contributed by atoms with Crippen molar-refractivity contribution in [2.45, 2.75) is 51.4 Å². The Morgan fingerprint density at radius 2 is 1.98 bits per heavy atom. The Balaban J connectivity index is 1.84. The zero-order valence-corrected chi connectivity index (χ0v) is 25.5. The zero-order chi connectivity index (χ0) is 31.7. The third-order valence-corrected chi connectivity index (χ3v) is 8.50. The summed E-state index contributed by atoms with van der Waals surface area (Å²) in [7, 11) is 1.55. The van der Waals surface area contributed by atoms with Crippen molar-refractivity contribution in [2.75, 3.05) is 30.1 Å². The fourth-order valence-electron chi connectivity index (χ4n) is 4.69. The van der Waals surface area contributed by atoms with Crippen LogP contribution in [0.5, 0.6) is 0 Å². The fraction of sp³-hybridized carbons (Fsp3) is 0.414. The van der Waals surface area contributed by atoms with Crippen LogP contribution in [0.25, 0.3) is 10.9 Å². The molecule has 4 rings (SSSR count). The number of benzene rings is 1. The van der Waals surface area contributed by atoms with Gasteiger partial charge in [0.2, 0.25) is 5.95 Å². The summed E-state index contributed by atoms with van der Waals surface area (Å²) >= 11 is 12.8. The lowest BCUT2D eigenvalue weighted by molar-refractivity contribution is -0.189. The number of aryl methyl sites for hydroxylation is 1. The van der Waals surface area contributed by atoms with Crippen LogP contribution in [0.1, 0.15) is 49.6 Å². The number of rotatable bonds is 11. The largest absolute Gasteiger partial charge is 0.413 e. The number of alkyl halides is 4. The minimum atomic E-state index is -4.54. The Kier molecular flexibility index (Phi) is 9.21. The molecule has 1 aliphatic rings. The van der Waals surface area contributed by atoms with Crippen molar-refractivity contribution in [3.63, 3.8) is 0 Å². The normalized spacial score (nSPS) is 15.5. The first-order valence-corrected chi connectivity index (χ1v) is 14.3. The van der Waals surface area contributed by atoms with Gasteiger partial charge in [0, 0.05) is 54.2 Å². The first-order valence-electron chi connectivity index (χ1n) is 13.4. The Morgan fingerprint density at radius 1 is 1.28 bits per heavy atom. The summed E-state index contributed by atoms with van der Waals surface area (Å²) in [4.78, 5) is 8.29. The number of aromatic nitrogens is 2. The van der Waals surface area contributed by atoms with Crippen molar-refractivity contribution in [1.82, 2.24) is 20.3 Å². The number of nitrogens with two attached hydrogens (primary N) is 1. The van der Waals surface area contributed by atoms with Crippen LogP contribution in [0.3, 0.4) is 0 Å². The number of hydrogen-bond acceptors (Lipinski definition) is 8. The highest BCUT2D eigenvalue weighted by Crippen LogP contribution is 2.52. The highest BCUT2D eigenvalue weighted by molar-refractivity contribution is 6.35. The van der Waals surface area contributed by atoms with E-state index in [2.05, 4.69) is 32.0 Å². The maximum atomic E-state index is 14.0. The standard InChI is InChI=1S/C29H32Cl2F4N8/c1-16-19(5-6-23(32)41-16)26(22(38-4)13-43(37)28(7-8-28)29(33,34)35)42-18-9-20-24(40-15-27(2,3)14-30)17(11-36)12-39-25(20)21(31)10-18/h5-6,9-10,12-13,26,38,42H,7-8,14-15,37H2,1-4H3,(H,39,40)/b22-13-/t26-/m0/s1. The van der Waals surface area contributed by atoms with E-state index in [0.29, 0.717) is 51.0 Å². The predicted molar refractivity (Wildman–Crippen MR) is 161 cm³/mol. The molecule has 0 saturated heterocycles. The molecule has 230 valence electrons. The second-order valence-corrected chi connectivity index (χ2v) is 12.0. The van der Waals surface area contributed by atoms with Crippen molar-refractivity contribution >= 4 is 45.5 Å². The molecule has 0 unspecified atom stereocenters. The maximum absolute atomic E-state index is 14.0. The molecule has 5 N–H and O–H groups in total. The van der Waals surface area contributed by atoms with Crippen molar-refractivity contribution in [1.29, 1.82) is 5.26 Å². The van der Waals surface area contributed by atoms with Crippen LogP contribution >= 0.6 is 23.2 Å². The van der Waals surface area contributed by atoms with E-state index in [1.807, 2.05) is 13.8 Å². The maximum Gasteiger partial charge on any atom is 0.413 e. The quantitative estimate of drug-likeness (QED) is 0.0598. The van der Waals surface area contributed by atoms with E-state index in [0.717, 1.165) is 0 Å². The third-order valence-electron chi connectivity index (χ3n) is 7.49. The van der Waals surface area contributed by atoms with Crippen LogP contribution in [0, 0.1) is 29.6 Å². The van der Waals surface area contributed by atoms with Crippen LogP contribution in [-0.2, 0) is 0 Å². The Morgan fingerprint density at radius 3 is 2.53 bits per heavy atom. The smallest absolute Gasteiger partial charge is 0.388 e.